The van der Waals surface area contributed by atoms with Gasteiger partial charge in [-0.3, -0.25) is 4.90 Å². The van der Waals surface area contributed by atoms with Crippen molar-refractivity contribution in [1.29, 1.82) is 0 Å². The van der Waals surface area contributed by atoms with E-state index in [-0.39, 0.29) is 23.6 Å². The Balaban J connectivity index is 1.47. The third-order valence-electron chi connectivity index (χ3n) is 6.23. The van der Waals surface area contributed by atoms with Gasteiger partial charge in [-0.15, -0.1) is 0 Å². The fourth-order valence-corrected chi connectivity index (χ4v) is 5.66. The number of sulfonamides is 1. The maximum absolute atomic E-state index is 13.1. The number of aryl methyl sites for hydroxylation is 1. The van der Waals surface area contributed by atoms with Gasteiger partial charge in [-0.05, 0) is 41.6 Å². The highest BCUT2D eigenvalue weighted by atomic mass is 32.2. The first-order valence-corrected chi connectivity index (χ1v) is 11.9. The van der Waals surface area contributed by atoms with E-state index in [1.54, 1.807) is 24.4 Å². The van der Waals surface area contributed by atoms with Gasteiger partial charge in [-0.2, -0.15) is 0 Å². The van der Waals surface area contributed by atoms with E-state index < -0.39 is 10.0 Å². The molecule has 8 heteroatoms. The van der Waals surface area contributed by atoms with Crippen LogP contribution in [0, 0.1) is 0 Å². The summed E-state index contributed by atoms with van der Waals surface area (Å²) < 4.78 is 31.1. The molecular weight excluding hydrogens is 412 g/mol. The summed E-state index contributed by atoms with van der Waals surface area (Å²) in [6.45, 7) is 1.49. The summed E-state index contributed by atoms with van der Waals surface area (Å²) >= 11 is 0. The molecule has 2 aromatic carbocycles. The molecule has 5 rings (SSSR count). The van der Waals surface area contributed by atoms with Crippen LogP contribution in [0.25, 0.3) is 21.8 Å². The third-order valence-corrected chi connectivity index (χ3v) is 7.65. The summed E-state index contributed by atoms with van der Waals surface area (Å²) in [7, 11) is -1.69. The largest absolute Gasteiger partial charge is 0.392 e. The van der Waals surface area contributed by atoms with E-state index in [0.29, 0.717) is 13.0 Å². The van der Waals surface area contributed by atoms with Crippen LogP contribution in [-0.2, 0) is 17.1 Å². The topological polar surface area (TPSA) is 90.4 Å². The van der Waals surface area contributed by atoms with Crippen LogP contribution in [0.1, 0.15) is 18.0 Å². The maximum atomic E-state index is 13.1. The lowest BCUT2D eigenvalue weighted by Gasteiger charge is -2.28. The standard InChI is InChI=1S/C23H26N4O3S/c1-26-15-20(19-4-2-3-5-22(19)26)23(27-11-9-17(28)14-27)13-25-31(29,30)18-7-6-16-8-10-24-21(16)12-18/h2-8,10,12,15,17,23-25,28H,9,11,13-14H2,1H3/t17-,23?/m0/s1. The molecule has 0 aliphatic carbocycles. The number of β-amino-alcohol motifs (C(OH)–C–C–N with tert-alkyl or cyclic N) is 1. The molecule has 0 radical (unpaired) electrons. The molecule has 2 atom stereocenters. The van der Waals surface area contributed by atoms with Crippen LogP contribution < -0.4 is 4.72 Å². The van der Waals surface area contributed by atoms with Crippen LogP contribution in [0.2, 0.25) is 0 Å². The average Bonchev–Trinajstić information content (AvgIpc) is 3.48. The van der Waals surface area contributed by atoms with E-state index in [4.69, 9.17) is 0 Å². The second kappa shape index (κ2) is 7.80. The lowest BCUT2D eigenvalue weighted by Crippen LogP contribution is -2.37. The molecule has 4 aromatic rings. The number of benzene rings is 2. The number of H-pyrrole nitrogens is 1. The quantitative estimate of drug-likeness (QED) is 0.432. The van der Waals surface area contributed by atoms with Crippen LogP contribution in [-0.4, -0.2) is 53.7 Å². The number of nitrogens with zero attached hydrogens (tertiary/aromatic N) is 2. The number of aliphatic hydroxyl groups is 1. The highest BCUT2D eigenvalue weighted by Crippen LogP contribution is 2.32. The summed E-state index contributed by atoms with van der Waals surface area (Å²) in [4.78, 5) is 5.47. The number of hydrogen-bond donors (Lipinski definition) is 3. The molecular formula is C23H26N4O3S. The average molecular weight is 439 g/mol. The molecule has 3 N–H and O–H groups in total. The highest BCUT2D eigenvalue weighted by Gasteiger charge is 2.31. The number of para-hydroxylation sites is 1. The minimum Gasteiger partial charge on any atom is -0.392 e. The van der Waals surface area contributed by atoms with Crippen molar-refractivity contribution in [3.63, 3.8) is 0 Å². The van der Waals surface area contributed by atoms with Gasteiger partial charge >= 0.3 is 0 Å². The molecule has 0 spiro atoms. The second-order valence-corrected chi connectivity index (χ2v) is 10.0. The normalized spacial score (nSPS) is 18.8. The maximum Gasteiger partial charge on any atom is 0.240 e. The smallest absolute Gasteiger partial charge is 0.240 e. The zero-order valence-electron chi connectivity index (χ0n) is 17.3. The van der Waals surface area contributed by atoms with Crippen LogP contribution in [0.5, 0.6) is 0 Å². The number of nitrogens with one attached hydrogen (secondary N) is 2. The SMILES string of the molecule is Cn1cc(C(CNS(=O)(=O)c2ccc3cc[nH]c3c2)N2CC[C@H](O)C2)c2ccccc21. The zero-order chi connectivity index (χ0) is 21.6. The molecule has 3 heterocycles. The predicted molar refractivity (Wildman–Crippen MR) is 121 cm³/mol. The lowest BCUT2D eigenvalue weighted by atomic mass is 10.0. The molecule has 1 saturated heterocycles. The van der Waals surface area contributed by atoms with Gasteiger partial charge in [0.25, 0.3) is 0 Å². The van der Waals surface area contributed by atoms with E-state index in [1.807, 2.05) is 25.2 Å². The Kier molecular flexibility index (Phi) is 5.10. The Hall–Kier alpha value is -2.65. The van der Waals surface area contributed by atoms with Crippen LogP contribution >= 0.6 is 0 Å². The van der Waals surface area contributed by atoms with E-state index in [2.05, 4.69) is 37.5 Å². The fraction of sp³-hybridized carbons (Fsp3) is 0.304. The summed E-state index contributed by atoms with van der Waals surface area (Å²) in [6, 6.07) is 15.0. The first-order chi connectivity index (χ1) is 14.9. The molecule has 0 saturated carbocycles. The number of aromatic amines is 1. The van der Waals surface area contributed by atoms with Crippen LogP contribution in [0.3, 0.4) is 0 Å². The van der Waals surface area contributed by atoms with Crippen molar-refractivity contribution in [3.05, 3.63) is 66.5 Å². The molecule has 0 amide bonds. The molecule has 1 unspecified atom stereocenters. The van der Waals surface area contributed by atoms with Gasteiger partial charge in [0, 0.05) is 55.5 Å². The van der Waals surface area contributed by atoms with Crippen molar-refractivity contribution in [3.8, 4) is 0 Å². The predicted octanol–water partition coefficient (Wildman–Crippen LogP) is 2.75. The molecule has 162 valence electrons. The first kappa shape index (κ1) is 20.3. The number of hydrogen-bond acceptors (Lipinski definition) is 4. The van der Waals surface area contributed by atoms with Gasteiger partial charge in [0.1, 0.15) is 0 Å². The van der Waals surface area contributed by atoms with E-state index >= 15 is 0 Å². The summed E-state index contributed by atoms with van der Waals surface area (Å²) in [6.07, 6.45) is 4.17. The number of fused-ring (bicyclic) bond motifs is 2. The second-order valence-electron chi connectivity index (χ2n) is 8.24. The Morgan fingerprint density at radius 1 is 1.23 bits per heavy atom. The minimum absolute atomic E-state index is 0.174. The van der Waals surface area contributed by atoms with Gasteiger partial charge in [-0.1, -0.05) is 24.3 Å². The van der Waals surface area contributed by atoms with Crippen molar-refractivity contribution in [2.45, 2.75) is 23.5 Å². The number of rotatable bonds is 6. The molecule has 2 aromatic heterocycles. The van der Waals surface area contributed by atoms with E-state index in [0.717, 1.165) is 33.9 Å². The Bertz CT molecular complexity index is 1340. The monoisotopic (exact) mass is 438 g/mol. The summed E-state index contributed by atoms with van der Waals surface area (Å²) in [5, 5.41) is 12.2. The number of aliphatic hydroxyl groups excluding tert-OH is 1. The molecule has 1 aliphatic rings. The number of aromatic nitrogens is 2. The third kappa shape index (κ3) is 3.76. The van der Waals surface area contributed by atoms with Gasteiger partial charge in [0.05, 0.1) is 17.0 Å². The molecule has 0 bridgehead atoms. The minimum atomic E-state index is -3.69. The molecule has 7 nitrogen and oxygen atoms in total. The van der Waals surface area contributed by atoms with E-state index in [1.165, 1.54) is 0 Å². The lowest BCUT2D eigenvalue weighted by molar-refractivity contribution is 0.160. The van der Waals surface area contributed by atoms with Crippen molar-refractivity contribution in [2.75, 3.05) is 19.6 Å². The van der Waals surface area contributed by atoms with Gasteiger partial charge in [0.2, 0.25) is 10.0 Å². The van der Waals surface area contributed by atoms with Crippen molar-refractivity contribution >= 4 is 31.8 Å². The summed E-state index contributed by atoms with van der Waals surface area (Å²) in [5.41, 5.74) is 2.95. The van der Waals surface area contributed by atoms with Crippen molar-refractivity contribution in [2.24, 2.45) is 7.05 Å². The Morgan fingerprint density at radius 2 is 2.06 bits per heavy atom. The number of likely N-dealkylation sites (tertiary alicyclic amines) is 1. The fourth-order valence-electron chi connectivity index (χ4n) is 4.59. The van der Waals surface area contributed by atoms with Gasteiger partial charge < -0.3 is 14.7 Å². The first-order valence-electron chi connectivity index (χ1n) is 10.5. The van der Waals surface area contributed by atoms with Gasteiger partial charge in [-0.25, -0.2) is 13.1 Å². The van der Waals surface area contributed by atoms with Gasteiger partial charge in [0.15, 0.2) is 0 Å². The van der Waals surface area contributed by atoms with Crippen LogP contribution in [0.15, 0.2) is 65.8 Å². The Morgan fingerprint density at radius 3 is 2.87 bits per heavy atom. The van der Waals surface area contributed by atoms with Crippen LogP contribution in [0.4, 0.5) is 0 Å². The zero-order valence-corrected chi connectivity index (χ0v) is 18.1. The summed E-state index contributed by atoms with van der Waals surface area (Å²) in [5.74, 6) is 0. The molecule has 1 fully saturated rings. The van der Waals surface area contributed by atoms with Crippen molar-refractivity contribution in [1.82, 2.24) is 19.2 Å². The molecule has 31 heavy (non-hydrogen) atoms. The van der Waals surface area contributed by atoms with Crippen molar-refractivity contribution < 1.29 is 13.5 Å². The highest BCUT2D eigenvalue weighted by molar-refractivity contribution is 7.89. The Labute approximate surface area is 181 Å². The molecule has 1 aliphatic heterocycles. The van der Waals surface area contributed by atoms with E-state index in [9.17, 15) is 13.5 Å².